The van der Waals surface area contributed by atoms with Crippen LogP contribution in [0, 0.1) is 5.92 Å². The molecular formula is C25H29NO6. The van der Waals surface area contributed by atoms with Crippen LogP contribution in [0.15, 0.2) is 48.5 Å². The minimum atomic E-state index is -0.635. The van der Waals surface area contributed by atoms with E-state index >= 15 is 0 Å². The first-order chi connectivity index (χ1) is 15.3. The fourth-order valence-corrected chi connectivity index (χ4v) is 2.82. The molecule has 0 radical (unpaired) electrons. The SMILES string of the molecule is CCOc1ccc(/C=C/C(=O)OCC(=O)c2ccc(NC(=O)CC(C)C)cc2)cc1OC. The minimum absolute atomic E-state index is 0.0788. The Morgan fingerprint density at radius 1 is 1.03 bits per heavy atom. The Bertz CT molecular complexity index is 963. The molecule has 7 nitrogen and oxygen atoms in total. The van der Waals surface area contributed by atoms with Gasteiger partial charge < -0.3 is 19.5 Å². The van der Waals surface area contributed by atoms with Gasteiger partial charge in [-0.3, -0.25) is 9.59 Å². The van der Waals surface area contributed by atoms with Gasteiger partial charge in [-0.2, -0.15) is 0 Å². The normalized spacial score (nSPS) is 10.8. The van der Waals surface area contributed by atoms with Gasteiger partial charge >= 0.3 is 5.97 Å². The number of esters is 1. The Morgan fingerprint density at radius 3 is 2.38 bits per heavy atom. The summed E-state index contributed by atoms with van der Waals surface area (Å²) in [5.41, 5.74) is 1.72. The van der Waals surface area contributed by atoms with Crippen LogP contribution in [0.5, 0.6) is 11.5 Å². The summed E-state index contributed by atoms with van der Waals surface area (Å²) in [5.74, 6) is 0.381. The Labute approximate surface area is 188 Å². The van der Waals surface area contributed by atoms with Crippen molar-refractivity contribution in [1.82, 2.24) is 0 Å². The van der Waals surface area contributed by atoms with Crippen LogP contribution in [0.1, 0.15) is 43.1 Å². The highest BCUT2D eigenvalue weighted by Gasteiger charge is 2.10. The molecule has 0 aromatic heterocycles. The third-order valence-corrected chi connectivity index (χ3v) is 4.33. The lowest BCUT2D eigenvalue weighted by atomic mass is 10.1. The van der Waals surface area contributed by atoms with Gasteiger partial charge in [0.05, 0.1) is 13.7 Å². The van der Waals surface area contributed by atoms with Gasteiger partial charge in [0.25, 0.3) is 0 Å². The number of nitrogens with one attached hydrogen (secondary N) is 1. The summed E-state index contributed by atoms with van der Waals surface area (Å²) in [6, 6.07) is 11.7. The van der Waals surface area contributed by atoms with Crippen molar-refractivity contribution in [3.05, 3.63) is 59.7 Å². The second kappa shape index (κ2) is 12.3. The van der Waals surface area contributed by atoms with Gasteiger partial charge in [0, 0.05) is 23.7 Å². The monoisotopic (exact) mass is 439 g/mol. The van der Waals surface area contributed by atoms with Crippen molar-refractivity contribution < 1.29 is 28.6 Å². The van der Waals surface area contributed by atoms with E-state index in [-0.39, 0.29) is 24.2 Å². The lowest BCUT2D eigenvalue weighted by molar-refractivity contribution is -0.136. The minimum Gasteiger partial charge on any atom is -0.493 e. The largest absolute Gasteiger partial charge is 0.493 e. The van der Waals surface area contributed by atoms with E-state index in [0.29, 0.717) is 35.8 Å². The van der Waals surface area contributed by atoms with Gasteiger partial charge in [-0.15, -0.1) is 0 Å². The quantitative estimate of drug-likeness (QED) is 0.315. The maximum Gasteiger partial charge on any atom is 0.331 e. The molecule has 2 rings (SSSR count). The summed E-state index contributed by atoms with van der Waals surface area (Å²) in [4.78, 5) is 36.1. The topological polar surface area (TPSA) is 90.9 Å². The second-order valence-electron chi connectivity index (χ2n) is 7.43. The first-order valence-corrected chi connectivity index (χ1v) is 10.4. The standard InChI is InChI=1S/C25H29NO6/c1-5-31-22-12-6-18(15-23(22)30-4)7-13-25(29)32-16-21(27)19-8-10-20(11-9-19)26-24(28)14-17(2)3/h6-13,15,17H,5,14,16H2,1-4H3,(H,26,28)/b13-7+. The first-order valence-electron chi connectivity index (χ1n) is 10.4. The molecule has 32 heavy (non-hydrogen) atoms. The van der Waals surface area contributed by atoms with E-state index in [1.807, 2.05) is 20.8 Å². The molecule has 0 saturated heterocycles. The molecular weight excluding hydrogens is 410 g/mol. The number of ether oxygens (including phenoxy) is 3. The Balaban J connectivity index is 1.87. The first kappa shape index (κ1) is 24.7. The van der Waals surface area contributed by atoms with Gasteiger partial charge in [0.2, 0.25) is 5.91 Å². The molecule has 0 saturated carbocycles. The molecule has 0 unspecified atom stereocenters. The summed E-state index contributed by atoms with van der Waals surface area (Å²) in [6.45, 7) is 5.95. The van der Waals surface area contributed by atoms with Gasteiger partial charge in [-0.05, 0) is 60.9 Å². The van der Waals surface area contributed by atoms with Gasteiger partial charge in [0.1, 0.15) is 0 Å². The Hall–Kier alpha value is -3.61. The predicted octanol–water partition coefficient (Wildman–Crippen LogP) is 4.52. The molecule has 7 heteroatoms. The number of rotatable bonds is 11. The van der Waals surface area contributed by atoms with Gasteiger partial charge in [-0.25, -0.2) is 4.79 Å². The average Bonchev–Trinajstić information content (AvgIpc) is 2.76. The highest BCUT2D eigenvalue weighted by atomic mass is 16.5. The van der Waals surface area contributed by atoms with E-state index in [9.17, 15) is 14.4 Å². The van der Waals surface area contributed by atoms with E-state index < -0.39 is 5.97 Å². The van der Waals surface area contributed by atoms with Crippen LogP contribution in [-0.4, -0.2) is 38.0 Å². The molecule has 2 aromatic rings. The maximum absolute atomic E-state index is 12.3. The van der Waals surface area contributed by atoms with Gasteiger partial charge in [0.15, 0.2) is 23.9 Å². The average molecular weight is 440 g/mol. The number of benzene rings is 2. The molecule has 0 spiro atoms. The van der Waals surface area contributed by atoms with Crippen molar-refractivity contribution in [2.24, 2.45) is 5.92 Å². The maximum atomic E-state index is 12.3. The predicted molar refractivity (Wildman–Crippen MR) is 123 cm³/mol. The van der Waals surface area contributed by atoms with Crippen LogP contribution in [0.4, 0.5) is 5.69 Å². The molecule has 2 aromatic carbocycles. The smallest absolute Gasteiger partial charge is 0.331 e. The fraction of sp³-hybridized carbons (Fsp3) is 0.320. The third kappa shape index (κ3) is 7.91. The van der Waals surface area contributed by atoms with Crippen LogP contribution in [0.2, 0.25) is 0 Å². The van der Waals surface area contributed by atoms with Crippen molar-refractivity contribution in [2.45, 2.75) is 27.2 Å². The van der Waals surface area contributed by atoms with Crippen molar-refractivity contribution >= 4 is 29.4 Å². The lowest BCUT2D eigenvalue weighted by Gasteiger charge is -2.09. The number of Topliss-reactive ketones (excluding diaryl/α,β-unsaturated/α-hetero) is 1. The van der Waals surface area contributed by atoms with Crippen LogP contribution in [-0.2, 0) is 14.3 Å². The number of carbonyl (C=O) groups is 3. The molecule has 0 fully saturated rings. The molecule has 0 bridgehead atoms. The zero-order valence-electron chi connectivity index (χ0n) is 18.8. The lowest BCUT2D eigenvalue weighted by Crippen LogP contribution is -2.14. The van der Waals surface area contributed by atoms with Crippen LogP contribution in [0.25, 0.3) is 6.08 Å². The fourth-order valence-electron chi connectivity index (χ4n) is 2.82. The number of carbonyl (C=O) groups excluding carboxylic acids is 3. The number of hydrogen-bond acceptors (Lipinski definition) is 6. The van der Waals surface area contributed by atoms with E-state index in [1.54, 1.807) is 48.5 Å². The van der Waals surface area contributed by atoms with Crippen molar-refractivity contribution in [1.29, 1.82) is 0 Å². The Kier molecular flexibility index (Phi) is 9.47. The van der Waals surface area contributed by atoms with Gasteiger partial charge in [-0.1, -0.05) is 19.9 Å². The number of anilines is 1. The second-order valence-corrected chi connectivity index (χ2v) is 7.43. The van der Waals surface area contributed by atoms with Crippen molar-refractivity contribution in [3.8, 4) is 11.5 Å². The zero-order valence-corrected chi connectivity index (χ0v) is 18.8. The number of amides is 1. The molecule has 0 atom stereocenters. The highest BCUT2D eigenvalue weighted by Crippen LogP contribution is 2.28. The van der Waals surface area contributed by atoms with Crippen molar-refractivity contribution in [3.63, 3.8) is 0 Å². The molecule has 0 aliphatic carbocycles. The van der Waals surface area contributed by atoms with Crippen LogP contribution in [0.3, 0.4) is 0 Å². The summed E-state index contributed by atoms with van der Waals surface area (Å²) in [7, 11) is 1.54. The summed E-state index contributed by atoms with van der Waals surface area (Å²) in [5, 5.41) is 2.78. The molecule has 0 heterocycles. The number of ketones is 1. The number of hydrogen-bond donors (Lipinski definition) is 1. The third-order valence-electron chi connectivity index (χ3n) is 4.33. The Morgan fingerprint density at radius 2 is 1.75 bits per heavy atom. The van der Waals surface area contributed by atoms with Crippen molar-refractivity contribution in [2.75, 3.05) is 25.6 Å². The van der Waals surface area contributed by atoms with E-state index in [4.69, 9.17) is 14.2 Å². The highest BCUT2D eigenvalue weighted by molar-refractivity contribution is 5.99. The molecule has 170 valence electrons. The van der Waals surface area contributed by atoms with E-state index in [0.717, 1.165) is 5.56 Å². The summed E-state index contributed by atoms with van der Waals surface area (Å²) in [6.07, 6.45) is 3.24. The summed E-state index contributed by atoms with van der Waals surface area (Å²) < 4.78 is 15.8. The molecule has 0 aliphatic heterocycles. The van der Waals surface area contributed by atoms with E-state index in [2.05, 4.69) is 5.32 Å². The zero-order chi connectivity index (χ0) is 23.5. The van der Waals surface area contributed by atoms with Crippen LogP contribution < -0.4 is 14.8 Å². The number of methoxy groups -OCH3 is 1. The van der Waals surface area contributed by atoms with Crippen LogP contribution >= 0.6 is 0 Å². The summed E-state index contributed by atoms with van der Waals surface area (Å²) >= 11 is 0. The van der Waals surface area contributed by atoms with E-state index in [1.165, 1.54) is 13.2 Å². The molecule has 0 aliphatic rings. The molecule has 1 amide bonds. The molecule has 1 N–H and O–H groups in total.